The number of aromatic nitrogens is 4. The second-order valence-electron chi connectivity index (χ2n) is 7.01. The summed E-state index contributed by atoms with van der Waals surface area (Å²) in [5.74, 6) is -0.213. The molecule has 5 rings (SSSR count). The number of fused-ring (bicyclic) bond motifs is 2. The Labute approximate surface area is 174 Å². The molecule has 29 heavy (non-hydrogen) atoms. The molecule has 0 atom stereocenters. The van der Waals surface area contributed by atoms with Gasteiger partial charge in [-0.05, 0) is 43.5 Å². The van der Waals surface area contributed by atoms with Gasteiger partial charge >= 0.3 is 0 Å². The molecule has 0 aliphatic carbocycles. The van der Waals surface area contributed by atoms with Crippen molar-refractivity contribution in [3.05, 3.63) is 60.7 Å². The molecular weight excluding hydrogens is 388 g/mol. The summed E-state index contributed by atoms with van der Waals surface area (Å²) >= 11 is 0. The van der Waals surface area contributed by atoms with Crippen molar-refractivity contribution in [3.63, 3.8) is 0 Å². The Hall–Kier alpha value is -3.19. The highest BCUT2D eigenvalue weighted by Gasteiger charge is 2.20. The van der Waals surface area contributed by atoms with Gasteiger partial charge in [-0.3, -0.25) is 9.78 Å². The summed E-state index contributed by atoms with van der Waals surface area (Å²) < 4.78 is 1.60. The summed E-state index contributed by atoms with van der Waals surface area (Å²) in [6, 6.07) is 9.78. The van der Waals surface area contributed by atoms with Gasteiger partial charge in [0, 0.05) is 37.1 Å². The van der Waals surface area contributed by atoms with Crippen LogP contribution < -0.4 is 10.2 Å². The number of pyridine rings is 1. The molecule has 1 aliphatic rings. The van der Waals surface area contributed by atoms with Crippen molar-refractivity contribution in [1.82, 2.24) is 19.6 Å². The highest BCUT2D eigenvalue weighted by Crippen LogP contribution is 2.33. The van der Waals surface area contributed by atoms with Crippen LogP contribution in [0.5, 0.6) is 0 Å². The average molecular weight is 409 g/mol. The van der Waals surface area contributed by atoms with Crippen LogP contribution in [0, 0.1) is 0 Å². The maximum atomic E-state index is 13.0. The SMILES string of the molecule is Cl.O=C(Nc1cc2cccnc2cc1N1CCCCC1)c1cnn2cccnc12. The molecule has 4 aromatic rings. The van der Waals surface area contributed by atoms with E-state index in [4.69, 9.17) is 0 Å². The predicted octanol–water partition coefficient (Wildman–Crippen LogP) is 3.94. The molecule has 1 aromatic carbocycles. The minimum atomic E-state index is -0.213. The normalized spacial score (nSPS) is 14.0. The number of hydrogen-bond donors (Lipinski definition) is 1. The Balaban J connectivity index is 0.00000205. The van der Waals surface area contributed by atoms with Crippen molar-refractivity contribution < 1.29 is 4.79 Å². The quantitative estimate of drug-likeness (QED) is 0.555. The fourth-order valence-electron chi connectivity index (χ4n) is 3.78. The highest BCUT2D eigenvalue weighted by molar-refractivity contribution is 6.10. The monoisotopic (exact) mass is 408 g/mol. The van der Waals surface area contributed by atoms with E-state index in [-0.39, 0.29) is 18.3 Å². The molecular formula is C21H21ClN6O. The first-order chi connectivity index (χ1) is 13.8. The van der Waals surface area contributed by atoms with Gasteiger partial charge in [0.25, 0.3) is 5.91 Å². The summed E-state index contributed by atoms with van der Waals surface area (Å²) in [5.41, 5.74) is 3.74. The van der Waals surface area contributed by atoms with E-state index < -0.39 is 0 Å². The maximum Gasteiger partial charge on any atom is 0.261 e. The van der Waals surface area contributed by atoms with Gasteiger partial charge in [-0.15, -0.1) is 12.4 Å². The van der Waals surface area contributed by atoms with Crippen LogP contribution in [0.2, 0.25) is 0 Å². The van der Waals surface area contributed by atoms with E-state index in [1.165, 1.54) is 6.42 Å². The fourth-order valence-corrected chi connectivity index (χ4v) is 3.78. The smallest absolute Gasteiger partial charge is 0.261 e. The van der Waals surface area contributed by atoms with Crippen molar-refractivity contribution >= 4 is 46.2 Å². The number of carbonyl (C=O) groups is 1. The lowest BCUT2D eigenvalue weighted by molar-refractivity contribution is 0.102. The number of rotatable bonds is 3. The third kappa shape index (κ3) is 3.61. The van der Waals surface area contributed by atoms with Gasteiger partial charge in [-0.2, -0.15) is 5.10 Å². The van der Waals surface area contributed by atoms with Gasteiger partial charge in [0.05, 0.1) is 23.1 Å². The molecule has 3 aromatic heterocycles. The van der Waals surface area contributed by atoms with Crippen LogP contribution >= 0.6 is 12.4 Å². The summed E-state index contributed by atoms with van der Waals surface area (Å²) in [6.45, 7) is 1.97. The molecule has 4 heterocycles. The van der Waals surface area contributed by atoms with E-state index in [9.17, 15) is 4.79 Å². The minimum absolute atomic E-state index is 0. The number of halogens is 1. The van der Waals surface area contributed by atoms with Gasteiger partial charge in [-0.1, -0.05) is 6.07 Å². The van der Waals surface area contributed by atoms with E-state index >= 15 is 0 Å². The van der Waals surface area contributed by atoms with Gasteiger partial charge in [0.15, 0.2) is 5.65 Å². The molecule has 8 heteroatoms. The Bertz CT molecular complexity index is 1170. The average Bonchev–Trinajstić information content (AvgIpc) is 3.18. The molecule has 0 unspecified atom stereocenters. The number of hydrogen-bond acceptors (Lipinski definition) is 5. The van der Waals surface area contributed by atoms with Crippen molar-refractivity contribution in [2.45, 2.75) is 19.3 Å². The van der Waals surface area contributed by atoms with Crippen LogP contribution in [0.4, 0.5) is 11.4 Å². The first-order valence-corrected chi connectivity index (χ1v) is 9.53. The van der Waals surface area contributed by atoms with Crippen molar-refractivity contribution in [2.75, 3.05) is 23.3 Å². The van der Waals surface area contributed by atoms with Crippen LogP contribution in [0.25, 0.3) is 16.6 Å². The van der Waals surface area contributed by atoms with Crippen molar-refractivity contribution in [3.8, 4) is 0 Å². The van der Waals surface area contributed by atoms with E-state index in [2.05, 4.69) is 31.3 Å². The highest BCUT2D eigenvalue weighted by atomic mass is 35.5. The number of amides is 1. The molecule has 0 spiro atoms. The predicted molar refractivity (Wildman–Crippen MR) is 116 cm³/mol. The topological polar surface area (TPSA) is 75.4 Å². The van der Waals surface area contributed by atoms with E-state index in [0.717, 1.165) is 48.2 Å². The lowest BCUT2D eigenvalue weighted by atomic mass is 10.1. The zero-order valence-electron chi connectivity index (χ0n) is 15.8. The van der Waals surface area contributed by atoms with Gasteiger partial charge < -0.3 is 10.2 Å². The summed E-state index contributed by atoms with van der Waals surface area (Å²) in [5, 5.41) is 8.31. The molecule has 1 N–H and O–H groups in total. The first kappa shape index (κ1) is 19.1. The third-order valence-corrected chi connectivity index (χ3v) is 5.19. The van der Waals surface area contributed by atoms with Gasteiger partial charge in [-0.25, -0.2) is 9.50 Å². The second kappa shape index (κ2) is 8.05. The zero-order valence-corrected chi connectivity index (χ0v) is 16.6. The summed E-state index contributed by atoms with van der Waals surface area (Å²) in [7, 11) is 0. The minimum Gasteiger partial charge on any atom is -0.370 e. The number of anilines is 2. The number of nitrogens with zero attached hydrogens (tertiary/aromatic N) is 5. The van der Waals surface area contributed by atoms with Crippen LogP contribution in [-0.2, 0) is 0 Å². The molecule has 7 nitrogen and oxygen atoms in total. The number of carbonyl (C=O) groups excluding carboxylic acids is 1. The molecule has 0 radical (unpaired) electrons. The summed E-state index contributed by atoms with van der Waals surface area (Å²) in [4.78, 5) is 24.1. The van der Waals surface area contributed by atoms with Crippen molar-refractivity contribution in [1.29, 1.82) is 0 Å². The van der Waals surface area contributed by atoms with Gasteiger partial charge in [0.1, 0.15) is 5.56 Å². The fraction of sp³-hybridized carbons (Fsp3) is 0.238. The Morgan fingerprint density at radius 2 is 1.86 bits per heavy atom. The third-order valence-electron chi connectivity index (χ3n) is 5.19. The van der Waals surface area contributed by atoms with Gasteiger partial charge in [0.2, 0.25) is 0 Å². The number of nitrogens with one attached hydrogen (secondary N) is 1. The molecule has 1 saturated heterocycles. The molecule has 1 aliphatic heterocycles. The second-order valence-corrected chi connectivity index (χ2v) is 7.01. The van der Waals surface area contributed by atoms with Crippen molar-refractivity contribution in [2.24, 2.45) is 0 Å². The van der Waals surface area contributed by atoms with Crippen LogP contribution in [0.1, 0.15) is 29.6 Å². The first-order valence-electron chi connectivity index (χ1n) is 9.53. The molecule has 0 saturated carbocycles. The zero-order chi connectivity index (χ0) is 18.9. The Morgan fingerprint density at radius 3 is 2.72 bits per heavy atom. The lowest BCUT2D eigenvalue weighted by Gasteiger charge is -2.30. The van der Waals surface area contributed by atoms with Crippen LogP contribution in [0.15, 0.2) is 55.1 Å². The molecule has 148 valence electrons. The number of benzene rings is 1. The van der Waals surface area contributed by atoms with E-state index in [1.807, 2.05) is 18.2 Å². The molecule has 1 amide bonds. The lowest BCUT2D eigenvalue weighted by Crippen LogP contribution is -2.30. The standard InChI is InChI=1S/C21H20N6O.ClH/c28-21(16-14-24-27-11-5-8-23-20(16)27)25-18-12-15-6-4-7-22-17(15)13-19(18)26-9-2-1-3-10-26;/h4-8,11-14H,1-3,9-10H2,(H,25,28);1H. The Morgan fingerprint density at radius 1 is 1.03 bits per heavy atom. The molecule has 1 fully saturated rings. The van der Waals surface area contributed by atoms with Crippen LogP contribution in [0.3, 0.4) is 0 Å². The summed E-state index contributed by atoms with van der Waals surface area (Å²) in [6.07, 6.45) is 10.4. The largest absolute Gasteiger partial charge is 0.370 e. The maximum absolute atomic E-state index is 13.0. The van der Waals surface area contributed by atoms with E-state index in [0.29, 0.717) is 11.2 Å². The van der Waals surface area contributed by atoms with Crippen LogP contribution in [-0.4, -0.2) is 38.6 Å². The number of piperidine rings is 1. The van der Waals surface area contributed by atoms with E-state index in [1.54, 1.807) is 35.4 Å². The Kier molecular flexibility index (Phi) is 5.31. The molecule has 0 bridgehead atoms.